The van der Waals surface area contributed by atoms with Crippen LogP contribution in [-0.4, -0.2) is 69.4 Å². The SMILES string of the molecule is CC(C)N(CC(=O)N1CCN(c2ccccc2[N+](=O)[O-])CC1)Cc1nc2ccccc2c(=O)[nH]1. The summed E-state index contributed by atoms with van der Waals surface area (Å²) in [6, 6.07) is 13.9. The lowest BCUT2D eigenvalue weighted by Crippen LogP contribution is -2.52. The second kappa shape index (κ2) is 10.0. The van der Waals surface area contributed by atoms with Gasteiger partial charge in [0, 0.05) is 38.3 Å². The number of piperazine rings is 1. The van der Waals surface area contributed by atoms with E-state index < -0.39 is 0 Å². The van der Waals surface area contributed by atoms with Crippen LogP contribution in [0.25, 0.3) is 10.9 Å². The van der Waals surface area contributed by atoms with E-state index in [0.717, 1.165) is 0 Å². The van der Waals surface area contributed by atoms with Crippen LogP contribution in [0.4, 0.5) is 11.4 Å². The maximum atomic E-state index is 13.1. The smallest absolute Gasteiger partial charge is 0.292 e. The molecule has 10 nitrogen and oxygen atoms in total. The number of carbonyl (C=O) groups is 1. The molecule has 34 heavy (non-hydrogen) atoms. The van der Waals surface area contributed by atoms with Crippen LogP contribution in [0.1, 0.15) is 19.7 Å². The highest BCUT2D eigenvalue weighted by molar-refractivity contribution is 5.79. The molecule has 0 atom stereocenters. The fourth-order valence-corrected chi connectivity index (χ4v) is 4.18. The molecule has 0 radical (unpaired) electrons. The molecule has 1 saturated heterocycles. The Kier molecular flexibility index (Phi) is 6.87. The zero-order valence-corrected chi connectivity index (χ0v) is 19.3. The van der Waals surface area contributed by atoms with Crippen molar-refractivity contribution in [1.29, 1.82) is 0 Å². The Morgan fingerprint density at radius 1 is 1.12 bits per heavy atom. The van der Waals surface area contributed by atoms with Gasteiger partial charge in [0.15, 0.2) is 0 Å². The lowest BCUT2D eigenvalue weighted by Gasteiger charge is -2.37. The summed E-state index contributed by atoms with van der Waals surface area (Å²) < 4.78 is 0. The minimum Gasteiger partial charge on any atom is -0.362 e. The highest BCUT2D eigenvalue weighted by Crippen LogP contribution is 2.28. The van der Waals surface area contributed by atoms with Crippen LogP contribution in [0.2, 0.25) is 0 Å². The minimum absolute atomic E-state index is 0.0148. The predicted octanol–water partition coefficient (Wildman–Crippen LogP) is 2.39. The fourth-order valence-electron chi connectivity index (χ4n) is 4.18. The summed E-state index contributed by atoms with van der Waals surface area (Å²) in [5.41, 5.74) is 1.09. The molecule has 1 aromatic heterocycles. The first-order valence-corrected chi connectivity index (χ1v) is 11.3. The number of nitro benzene ring substituents is 1. The molecule has 4 rings (SSSR count). The average Bonchev–Trinajstić information content (AvgIpc) is 2.83. The van der Waals surface area contributed by atoms with Gasteiger partial charge >= 0.3 is 0 Å². The van der Waals surface area contributed by atoms with Gasteiger partial charge in [-0.2, -0.15) is 0 Å². The van der Waals surface area contributed by atoms with Crippen LogP contribution < -0.4 is 10.5 Å². The number of H-pyrrole nitrogens is 1. The Morgan fingerprint density at radius 2 is 1.79 bits per heavy atom. The second-order valence-electron chi connectivity index (χ2n) is 8.64. The molecule has 0 aliphatic carbocycles. The number of nitrogens with one attached hydrogen (secondary N) is 1. The minimum atomic E-state index is -0.376. The summed E-state index contributed by atoms with van der Waals surface area (Å²) in [6.07, 6.45) is 0. The Labute approximate surface area is 197 Å². The molecule has 1 aliphatic heterocycles. The number of rotatable bonds is 7. The largest absolute Gasteiger partial charge is 0.362 e. The summed E-state index contributed by atoms with van der Waals surface area (Å²) >= 11 is 0. The van der Waals surface area contributed by atoms with Crippen molar-refractivity contribution in [2.45, 2.75) is 26.4 Å². The number of aromatic amines is 1. The molecule has 0 saturated carbocycles. The van der Waals surface area contributed by atoms with Crippen molar-refractivity contribution in [2.75, 3.05) is 37.6 Å². The Hall–Kier alpha value is -3.79. The van der Waals surface area contributed by atoms with Crippen molar-refractivity contribution in [3.05, 3.63) is 74.8 Å². The van der Waals surface area contributed by atoms with E-state index in [0.29, 0.717) is 55.1 Å². The van der Waals surface area contributed by atoms with E-state index in [1.165, 1.54) is 6.07 Å². The molecule has 2 aromatic carbocycles. The molecule has 0 bridgehead atoms. The lowest BCUT2D eigenvalue weighted by molar-refractivity contribution is -0.384. The number of fused-ring (bicyclic) bond motifs is 1. The number of para-hydroxylation sites is 3. The van der Waals surface area contributed by atoms with E-state index in [4.69, 9.17) is 0 Å². The van der Waals surface area contributed by atoms with Crippen LogP contribution in [0, 0.1) is 10.1 Å². The molecule has 3 aromatic rings. The third kappa shape index (κ3) is 5.07. The number of hydrogen-bond acceptors (Lipinski definition) is 7. The Morgan fingerprint density at radius 3 is 2.50 bits per heavy atom. The molecular formula is C24H28N6O4. The number of benzene rings is 2. The van der Waals surface area contributed by atoms with Crippen LogP contribution >= 0.6 is 0 Å². The van der Waals surface area contributed by atoms with Gasteiger partial charge in [0.05, 0.1) is 28.9 Å². The first-order valence-electron chi connectivity index (χ1n) is 11.3. The number of nitro groups is 1. The molecule has 1 aliphatic rings. The summed E-state index contributed by atoms with van der Waals surface area (Å²) in [5.74, 6) is 0.505. The van der Waals surface area contributed by atoms with Crippen molar-refractivity contribution in [3.8, 4) is 0 Å². The van der Waals surface area contributed by atoms with Gasteiger partial charge in [-0.15, -0.1) is 0 Å². The van der Waals surface area contributed by atoms with E-state index in [1.807, 2.05) is 29.7 Å². The van der Waals surface area contributed by atoms with E-state index >= 15 is 0 Å². The number of amides is 1. The molecule has 178 valence electrons. The molecule has 0 unspecified atom stereocenters. The first-order chi connectivity index (χ1) is 16.3. The molecule has 0 spiro atoms. The molecule has 1 amide bonds. The Bertz CT molecular complexity index is 1250. The summed E-state index contributed by atoms with van der Waals surface area (Å²) in [5, 5.41) is 11.9. The van der Waals surface area contributed by atoms with Gasteiger partial charge in [-0.05, 0) is 32.0 Å². The third-order valence-corrected chi connectivity index (χ3v) is 6.13. The van der Waals surface area contributed by atoms with Crippen molar-refractivity contribution in [3.63, 3.8) is 0 Å². The van der Waals surface area contributed by atoms with Gasteiger partial charge in [0.25, 0.3) is 11.2 Å². The maximum absolute atomic E-state index is 13.1. The number of hydrogen-bond donors (Lipinski definition) is 1. The highest BCUT2D eigenvalue weighted by Gasteiger charge is 2.27. The first kappa shape index (κ1) is 23.4. The van der Waals surface area contributed by atoms with E-state index in [9.17, 15) is 19.7 Å². The van der Waals surface area contributed by atoms with Crippen molar-refractivity contribution in [2.24, 2.45) is 0 Å². The van der Waals surface area contributed by atoms with Gasteiger partial charge in [-0.1, -0.05) is 24.3 Å². The Balaban J connectivity index is 1.40. The normalized spacial score (nSPS) is 14.2. The molecule has 1 N–H and O–H groups in total. The molecule has 10 heteroatoms. The quantitative estimate of drug-likeness (QED) is 0.422. The second-order valence-corrected chi connectivity index (χ2v) is 8.64. The van der Waals surface area contributed by atoms with Crippen molar-refractivity contribution < 1.29 is 9.72 Å². The molecule has 2 heterocycles. The molecular weight excluding hydrogens is 436 g/mol. The zero-order valence-electron chi connectivity index (χ0n) is 19.3. The summed E-state index contributed by atoms with van der Waals surface area (Å²) in [6.45, 7) is 6.57. The number of carbonyl (C=O) groups excluding carboxylic acids is 1. The van der Waals surface area contributed by atoms with Crippen LogP contribution in [0.5, 0.6) is 0 Å². The zero-order chi connectivity index (χ0) is 24.2. The van der Waals surface area contributed by atoms with Gasteiger partial charge in [-0.3, -0.25) is 24.6 Å². The van der Waals surface area contributed by atoms with E-state index in [-0.39, 0.29) is 34.7 Å². The van der Waals surface area contributed by atoms with Crippen LogP contribution in [-0.2, 0) is 11.3 Å². The highest BCUT2D eigenvalue weighted by atomic mass is 16.6. The average molecular weight is 465 g/mol. The van der Waals surface area contributed by atoms with Gasteiger partial charge in [-0.25, -0.2) is 4.98 Å². The van der Waals surface area contributed by atoms with E-state index in [2.05, 4.69) is 9.97 Å². The van der Waals surface area contributed by atoms with E-state index in [1.54, 1.807) is 41.3 Å². The fraction of sp³-hybridized carbons (Fsp3) is 0.375. The lowest BCUT2D eigenvalue weighted by atomic mass is 10.2. The summed E-state index contributed by atoms with van der Waals surface area (Å²) in [7, 11) is 0. The standard InChI is InChI=1S/C24H28N6O4/c1-17(2)29(15-22-25-19-8-4-3-7-18(19)24(32)26-22)16-23(31)28-13-11-27(12-14-28)20-9-5-6-10-21(20)30(33)34/h3-10,17H,11-16H2,1-2H3,(H,25,26,32). The monoisotopic (exact) mass is 464 g/mol. The van der Waals surface area contributed by atoms with Gasteiger partial charge in [0.1, 0.15) is 11.5 Å². The predicted molar refractivity (Wildman–Crippen MR) is 130 cm³/mol. The van der Waals surface area contributed by atoms with Crippen molar-refractivity contribution in [1.82, 2.24) is 19.8 Å². The third-order valence-electron chi connectivity index (χ3n) is 6.13. The van der Waals surface area contributed by atoms with Crippen LogP contribution in [0.15, 0.2) is 53.3 Å². The summed E-state index contributed by atoms with van der Waals surface area (Å²) in [4.78, 5) is 49.5. The van der Waals surface area contributed by atoms with Crippen molar-refractivity contribution >= 4 is 28.2 Å². The number of aromatic nitrogens is 2. The van der Waals surface area contributed by atoms with Crippen LogP contribution in [0.3, 0.4) is 0 Å². The molecule has 1 fully saturated rings. The number of nitrogens with zero attached hydrogens (tertiary/aromatic N) is 5. The maximum Gasteiger partial charge on any atom is 0.292 e. The van der Waals surface area contributed by atoms with Gasteiger partial charge < -0.3 is 14.8 Å². The van der Waals surface area contributed by atoms with Gasteiger partial charge in [0.2, 0.25) is 5.91 Å². The topological polar surface area (TPSA) is 116 Å². The number of anilines is 1.